The van der Waals surface area contributed by atoms with Crippen LogP contribution in [0.25, 0.3) is 11.3 Å². The van der Waals surface area contributed by atoms with E-state index in [0.29, 0.717) is 28.6 Å². The van der Waals surface area contributed by atoms with Crippen molar-refractivity contribution in [2.24, 2.45) is 0 Å². The van der Waals surface area contributed by atoms with Crippen LogP contribution in [0.15, 0.2) is 47.2 Å². The average Bonchev–Trinajstić information content (AvgIpc) is 3.09. The van der Waals surface area contributed by atoms with Crippen LogP contribution < -0.4 is 10.1 Å². The fourth-order valence-electron chi connectivity index (χ4n) is 2.16. The zero-order valence-electron chi connectivity index (χ0n) is 13.3. The summed E-state index contributed by atoms with van der Waals surface area (Å²) in [5.74, 6) is 1.59. The van der Waals surface area contributed by atoms with Gasteiger partial charge in [-0.25, -0.2) is 9.97 Å². The topological polar surface area (TPSA) is 90.1 Å². The molecule has 0 aliphatic heterocycles. The van der Waals surface area contributed by atoms with Crippen LogP contribution in [0.4, 0.5) is 0 Å². The SMILES string of the molecule is COc1ccccc1-c1cc(CNC(=O)c2cnc(C)nc2)on1. The van der Waals surface area contributed by atoms with E-state index in [1.807, 2.05) is 24.3 Å². The molecule has 0 radical (unpaired) electrons. The summed E-state index contributed by atoms with van der Waals surface area (Å²) in [6, 6.07) is 9.29. The highest BCUT2D eigenvalue weighted by molar-refractivity contribution is 5.93. The molecule has 7 nitrogen and oxygen atoms in total. The van der Waals surface area contributed by atoms with E-state index in [1.165, 1.54) is 12.4 Å². The van der Waals surface area contributed by atoms with Crippen LogP contribution in [0.1, 0.15) is 21.9 Å². The van der Waals surface area contributed by atoms with Crippen molar-refractivity contribution < 1.29 is 14.1 Å². The zero-order valence-corrected chi connectivity index (χ0v) is 13.3. The summed E-state index contributed by atoms with van der Waals surface area (Å²) in [6.07, 6.45) is 2.97. The molecule has 0 bridgehead atoms. The van der Waals surface area contributed by atoms with Crippen molar-refractivity contribution in [2.45, 2.75) is 13.5 Å². The molecule has 0 spiro atoms. The van der Waals surface area contributed by atoms with Crippen molar-refractivity contribution in [1.82, 2.24) is 20.4 Å². The van der Waals surface area contributed by atoms with E-state index in [2.05, 4.69) is 20.4 Å². The number of nitrogens with one attached hydrogen (secondary N) is 1. The fraction of sp³-hybridized carbons (Fsp3) is 0.176. The van der Waals surface area contributed by atoms with Gasteiger partial charge in [0, 0.05) is 24.0 Å². The minimum absolute atomic E-state index is 0.217. The number of rotatable bonds is 5. The van der Waals surface area contributed by atoms with E-state index in [9.17, 15) is 4.79 Å². The molecule has 0 aliphatic rings. The van der Waals surface area contributed by atoms with Crippen LogP contribution >= 0.6 is 0 Å². The molecule has 24 heavy (non-hydrogen) atoms. The zero-order chi connectivity index (χ0) is 16.9. The fourth-order valence-corrected chi connectivity index (χ4v) is 2.16. The van der Waals surface area contributed by atoms with E-state index in [-0.39, 0.29) is 12.5 Å². The summed E-state index contributed by atoms with van der Waals surface area (Å²) >= 11 is 0. The second-order valence-electron chi connectivity index (χ2n) is 5.08. The van der Waals surface area contributed by atoms with Gasteiger partial charge in [-0.15, -0.1) is 0 Å². The summed E-state index contributed by atoms with van der Waals surface area (Å²) in [4.78, 5) is 20.0. The predicted octanol–water partition coefficient (Wildman–Crippen LogP) is 2.38. The first kappa shape index (κ1) is 15.7. The minimum atomic E-state index is -0.273. The second-order valence-corrected chi connectivity index (χ2v) is 5.08. The Labute approximate surface area is 138 Å². The van der Waals surface area contributed by atoms with Gasteiger partial charge in [0.1, 0.15) is 17.3 Å². The lowest BCUT2D eigenvalue weighted by atomic mass is 10.1. The molecule has 1 amide bonds. The molecule has 0 fully saturated rings. The van der Waals surface area contributed by atoms with Gasteiger partial charge in [0.25, 0.3) is 5.91 Å². The molecule has 3 rings (SSSR count). The number of carbonyl (C=O) groups excluding carboxylic acids is 1. The van der Waals surface area contributed by atoms with Gasteiger partial charge in [-0.1, -0.05) is 17.3 Å². The van der Waals surface area contributed by atoms with Crippen molar-refractivity contribution in [3.05, 3.63) is 59.9 Å². The number of hydrogen-bond donors (Lipinski definition) is 1. The van der Waals surface area contributed by atoms with Crippen molar-refractivity contribution in [1.29, 1.82) is 0 Å². The lowest BCUT2D eigenvalue weighted by molar-refractivity contribution is 0.0946. The van der Waals surface area contributed by atoms with E-state index in [4.69, 9.17) is 9.26 Å². The monoisotopic (exact) mass is 324 g/mol. The van der Waals surface area contributed by atoms with Crippen LogP contribution in [0.2, 0.25) is 0 Å². The normalized spacial score (nSPS) is 10.4. The highest BCUT2D eigenvalue weighted by Crippen LogP contribution is 2.28. The number of benzene rings is 1. The third kappa shape index (κ3) is 3.40. The van der Waals surface area contributed by atoms with Crippen LogP contribution in [0.5, 0.6) is 5.75 Å². The minimum Gasteiger partial charge on any atom is -0.496 e. The first-order chi connectivity index (χ1) is 11.7. The number of hydrogen-bond acceptors (Lipinski definition) is 6. The standard InChI is InChI=1S/C17H16N4O3/c1-11-18-8-12(9-19-11)17(22)20-10-13-7-15(21-24-13)14-5-3-4-6-16(14)23-2/h3-9H,10H2,1-2H3,(H,20,22). The maximum absolute atomic E-state index is 12.0. The second kappa shape index (κ2) is 6.91. The van der Waals surface area contributed by atoms with Gasteiger partial charge >= 0.3 is 0 Å². The van der Waals surface area contributed by atoms with E-state index < -0.39 is 0 Å². The summed E-state index contributed by atoms with van der Waals surface area (Å²) in [6.45, 7) is 1.98. The van der Waals surface area contributed by atoms with E-state index >= 15 is 0 Å². The van der Waals surface area contributed by atoms with Crippen LogP contribution in [-0.4, -0.2) is 28.1 Å². The number of methoxy groups -OCH3 is 1. The van der Waals surface area contributed by atoms with Crippen LogP contribution in [-0.2, 0) is 6.54 Å². The molecule has 0 aliphatic carbocycles. The Morgan fingerprint density at radius 1 is 1.25 bits per heavy atom. The Balaban J connectivity index is 1.68. The van der Waals surface area contributed by atoms with E-state index in [1.54, 1.807) is 20.1 Å². The van der Waals surface area contributed by atoms with Gasteiger partial charge < -0.3 is 14.6 Å². The van der Waals surface area contributed by atoms with Gasteiger partial charge in [0.05, 0.1) is 19.2 Å². The summed E-state index contributed by atoms with van der Waals surface area (Å²) in [5, 5.41) is 6.77. The molecule has 0 saturated heterocycles. The molecule has 2 aromatic heterocycles. The van der Waals surface area contributed by atoms with Gasteiger partial charge in [-0.2, -0.15) is 0 Å². The van der Waals surface area contributed by atoms with Crippen molar-refractivity contribution in [2.75, 3.05) is 7.11 Å². The van der Waals surface area contributed by atoms with Crippen molar-refractivity contribution >= 4 is 5.91 Å². The quantitative estimate of drug-likeness (QED) is 0.775. The summed E-state index contributed by atoms with van der Waals surface area (Å²) in [7, 11) is 1.60. The molecule has 0 atom stereocenters. The maximum Gasteiger partial charge on any atom is 0.254 e. The Morgan fingerprint density at radius 3 is 2.75 bits per heavy atom. The number of amides is 1. The molecule has 122 valence electrons. The number of aryl methyl sites for hydroxylation is 1. The molecule has 3 aromatic rings. The number of ether oxygens (including phenoxy) is 1. The Bertz CT molecular complexity index is 843. The molecule has 1 aromatic carbocycles. The highest BCUT2D eigenvalue weighted by Gasteiger charge is 2.12. The predicted molar refractivity (Wildman–Crippen MR) is 86.4 cm³/mol. The number of carbonyl (C=O) groups is 1. The summed E-state index contributed by atoms with van der Waals surface area (Å²) in [5.41, 5.74) is 1.87. The van der Waals surface area contributed by atoms with Crippen molar-refractivity contribution in [3.63, 3.8) is 0 Å². The molecule has 0 saturated carbocycles. The highest BCUT2D eigenvalue weighted by atomic mass is 16.5. The van der Waals surface area contributed by atoms with E-state index in [0.717, 1.165) is 5.56 Å². The molecular formula is C17H16N4O3. The number of nitrogens with zero attached hydrogens (tertiary/aromatic N) is 3. The Morgan fingerprint density at radius 2 is 2.00 bits per heavy atom. The Hall–Kier alpha value is -3.22. The molecule has 1 N–H and O–H groups in total. The van der Waals surface area contributed by atoms with Gasteiger partial charge in [-0.05, 0) is 19.1 Å². The third-order valence-electron chi connectivity index (χ3n) is 3.41. The van der Waals surface area contributed by atoms with Crippen LogP contribution in [0.3, 0.4) is 0 Å². The molecular weight excluding hydrogens is 308 g/mol. The molecule has 7 heteroatoms. The largest absolute Gasteiger partial charge is 0.496 e. The smallest absolute Gasteiger partial charge is 0.254 e. The maximum atomic E-state index is 12.0. The first-order valence-electron chi connectivity index (χ1n) is 7.33. The number of para-hydroxylation sites is 1. The summed E-state index contributed by atoms with van der Waals surface area (Å²) < 4.78 is 10.6. The molecule has 0 unspecified atom stereocenters. The van der Waals surface area contributed by atoms with Crippen molar-refractivity contribution in [3.8, 4) is 17.0 Å². The third-order valence-corrected chi connectivity index (χ3v) is 3.41. The van der Waals surface area contributed by atoms with Crippen LogP contribution in [0, 0.1) is 6.92 Å². The average molecular weight is 324 g/mol. The number of aromatic nitrogens is 3. The lowest BCUT2D eigenvalue weighted by Crippen LogP contribution is -2.22. The van der Waals surface area contributed by atoms with Gasteiger partial charge in [0.2, 0.25) is 0 Å². The lowest BCUT2D eigenvalue weighted by Gasteiger charge is -2.04. The molecule has 2 heterocycles. The van der Waals surface area contributed by atoms with Gasteiger partial charge in [0.15, 0.2) is 5.76 Å². The van der Waals surface area contributed by atoms with Gasteiger partial charge in [-0.3, -0.25) is 4.79 Å². The Kier molecular flexibility index (Phi) is 4.51. The first-order valence-corrected chi connectivity index (χ1v) is 7.33.